The Morgan fingerprint density at radius 3 is 0.917 bits per heavy atom. The Labute approximate surface area is 836 Å². The first-order valence-electron chi connectivity index (χ1n) is 48.4. The van der Waals surface area contributed by atoms with Crippen LogP contribution >= 0.6 is 0 Å². The van der Waals surface area contributed by atoms with E-state index in [0.717, 1.165) is 151 Å². The third kappa shape index (κ3) is 17.2. The van der Waals surface area contributed by atoms with E-state index in [1.807, 2.05) is 97.8 Å². The normalized spacial score (nSPS) is 11.3. The Bertz CT molecular complexity index is 9360. The molecule has 27 aromatic rings. The predicted molar refractivity (Wildman–Crippen MR) is 594 cm³/mol. The molecule has 13 nitrogen and oxygen atoms in total. The first-order valence-corrected chi connectivity index (χ1v) is 48.4. The summed E-state index contributed by atoms with van der Waals surface area (Å²) in [6.07, 6.45) is 20.1. The van der Waals surface area contributed by atoms with Crippen LogP contribution in [-0.2, 0) is 0 Å². The molecule has 0 fully saturated rings. The van der Waals surface area contributed by atoms with Crippen molar-refractivity contribution in [1.29, 1.82) is 0 Å². The highest BCUT2D eigenvalue weighted by Gasteiger charge is 2.23. The molecule has 13 heteroatoms. The van der Waals surface area contributed by atoms with Gasteiger partial charge in [0.05, 0.1) is 50.7 Å². The summed E-state index contributed by atoms with van der Waals surface area (Å²) < 4.78 is 2.33. The van der Waals surface area contributed by atoms with Gasteiger partial charge < -0.3 is 4.57 Å². The number of aromatic nitrogens is 13. The van der Waals surface area contributed by atoms with Crippen molar-refractivity contribution in [2.24, 2.45) is 0 Å². The molecule has 678 valence electrons. The van der Waals surface area contributed by atoms with E-state index in [9.17, 15) is 0 Å². The fourth-order valence-electron chi connectivity index (χ4n) is 20.1. The molecule has 0 radical (unpaired) electrons. The molecule has 0 aliphatic carbocycles. The third-order valence-corrected chi connectivity index (χ3v) is 27.1. The third-order valence-electron chi connectivity index (χ3n) is 27.1. The second-order valence-electron chi connectivity index (χ2n) is 35.8. The van der Waals surface area contributed by atoms with Gasteiger partial charge in [-0.1, -0.05) is 328 Å². The Morgan fingerprint density at radius 1 is 0.159 bits per heavy atom. The predicted octanol–water partition coefficient (Wildman–Crippen LogP) is 32.8. The monoisotopic (exact) mass is 1850 g/mol. The van der Waals surface area contributed by atoms with E-state index in [4.69, 9.17) is 34.9 Å². The van der Waals surface area contributed by atoms with Crippen LogP contribution in [0.2, 0.25) is 0 Å². The number of rotatable bonds is 16. The topological polar surface area (TPSA) is 160 Å². The summed E-state index contributed by atoms with van der Waals surface area (Å²) in [6.45, 7) is 0. The fraction of sp³-hybridized carbons (Fsp3) is 0. The van der Waals surface area contributed by atoms with Crippen molar-refractivity contribution >= 4 is 86.6 Å². The molecule has 10 heterocycles. The van der Waals surface area contributed by atoms with Crippen molar-refractivity contribution in [2.75, 3.05) is 0 Å². The van der Waals surface area contributed by atoms with Gasteiger partial charge in [-0.05, 0) is 236 Å². The van der Waals surface area contributed by atoms with Crippen LogP contribution in [0.1, 0.15) is 0 Å². The van der Waals surface area contributed by atoms with E-state index in [2.05, 4.69) is 418 Å². The van der Waals surface area contributed by atoms with Crippen LogP contribution in [0.3, 0.4) is 0 Å². The van der Waals surface area contributed by atoms with Gasteiger partial charge in [-0.25, -0.2) is 29.9 Å². The fourth-order valence-corrected chi connectivity index (χ4v) is 20.1. The minimum absolute atomic E-state index is 0.661. The summed E-state index contributed by atoms with van der Waals surface area (Å²) in [5, 5.41) is 15.9. The van der Waals surface area contributed by atoms with Crippen molar-refractivity contribution < 1.29 is 0 Å². The lowest BCUT2D eigenvalue weighted by molar-refractivity contribution is 1.16. The zero-order valence-electron chi connectivity index (χ0n) is 78.4. The molecular weight excluding hydrogens is 1770 g/mol. The van der Waals surface area contributed by atoms with Crippen LogP contribution in [-0.4, -0.2) is 64.4 Å². The molecule has 0 atom stereocenters. The summed E-state index contributed by atoms with van der Waals surface area (Å²) >= 11 is 0. The average molecular weight is 1850 g/mol. The molecule has 0 saturated heterocycles. The molecule has 145 heavy (non-hydrogen) atoms. The van der Waals surface area contributed by atoms with E-state index in [-0.39, 0.29) is 0 Å². The van der Waals surface area contributed by atoms with Gasteiger partial charge in [0.1, 0.15) is 0 Å². The smallest absolute Gasteiger partial charge is 0.160 e. The number of hydrogen-bond donors (Lipinski definition) is 0. The lowest BCUT2D eigenvalue weighted by Gasteiger charge is -2.18. The summed E-state index contributed by atoms with van der Waals surface area (Å²) in [4.78, 5) is 57.1. The molecule has 17 aromatic carbocycles. The number of benzene rings is 17. The highest BCUT2D eigenvalue weighted by Crippen LogP contribution is 2.47. The molecule has 27 rings (SSSR count). The number of para-hydroxylation sites is 3. The van der Waals surface area contributed by atoms with E-state index < -0.39 is 0 Å². The van der Waals surface area contributed by atoms with Crippen LogP contribution in [0.4, 0.5) is 0 Å². The highest BCUT2D eigenvalue weighted by atomic mass is 15.0. The molecule has 0 unspecified atom stereocenters. The summed E-state index contributed by atoms with van der Waals surface area (Å²) in [6, 6.07) is 157. The van der Waals surface area contributed by atoms with Gasteiger partial charge in [-0.15, -0.1) is 0 Å². The van der Waals surface area contributed by atoms with Crippen molar-refractivity contribution in [3.05, 3.63) is 517 Å². The lowest BCUT2D eigenvalue weighted by Crippen LogP contribution is -1.97. The van der Waals surface area contributed by atoms with E-state index in [1.165, 1.54) is 92.4 Å². The van der Waals surface area contributed by atoms with Crippen molar-refractivity contribution in [2.45, 2.75) is 0 Å². The molecule has 0 aliphatic heterocycles. The van der Waals surface area contributed by atoms with Crippen LogP contribution < -0.4 is 0 Å². The summed E-state index contributed by atoms with van der Waals surface area (Å²) in [5.41, 5.74) is 31.8. The molecule has 0 aliphatic rings. The van der Waals surface area contributed by atoms with E-state index >= 15 is 0 Å². The Hall–Kier alpha value is -19.8. The van der Waals surface area contributed by atoms with Crippen LogP contribution in [0, 0.1) is 0 Å². The lowest BCUT2D eigenvalue weighted by atomic mass is 9.85. The van der Waals surface area contributed by atoms with Crippen molar-refractivity contribution in [3.8, 4) is 174 Å². The van der Waals surface area contributed by atoms with Gasteiger partial charge in [0, 0.05) is 146 Å². The van der Waals surface area contributed by atoms with Gasteiger partial charge in [-0.2, -0.15) is 0 Å². The summed E-state index contributed by atoms with van der Waals surface area (Å²) in [7, 11) is 0. The summed E-state index contributed by atoms with van der Waals surface area (Å²) in [5.74, 6) is 2.01. The molecule has 0 spiro atoms. The number of hydrogen-bond acceptors (Lipinski definition) is 12. The Kier molecular flexibility index (Phi) is 23.1. The maximum Gasteiger partial charge on any atom is 0.160 e. The van der Waals surface area contributed by atoms with E-state index in [0.29, 0.717) is 17.5 Å². The second-order valence-corrected chi connectivity index (χ2v) is 35.8. The molecule has 0 N–H and O–H groups in total. The first-order chi connectivity index (χ1) is 71.9. The zero-order chi connectivity index (χ0) is 96.3. The van der Waals surface area contributed by atoms with Gasteiger partial charge in [0.15, 0.2) is 17.5 Å². The Balaban J connectivity index is 0.000000114. The van der Waals surface area contributed by atoms with Crippen molar-refractivity contribution in [3.63, 3.8) is 0 Å². The number of pyridine rings is 6. The van der Waals surface area contributed by atoms with Crippen molar-refractivity contribution in [1.82, 2.24) is 64.4 Å². The second kappa shape index (κ2) is 38.6. The molecular formula is C132H85N13. The Morgan fingerprint density at radius 2 is 0.462 bits per heavy atom. The highest BCUT2D eigenvalue weighted by molar-refractivity contribution is 6.26. The molecule has 0 saturated carbocycles. The molecule has 10 aromatic heterocycles. The van der Waals surface area contributed by atoms with Gasteiger partial charge in [0.25, 0.3) is 0 Å². The zero-order valence-corrected chi connectivity index (χ0v) is 78.4. The van der Waals surface area contributed by atoms with Crippen LogP contribution in [0.5, 0.6) is 0 Å². The van der Waals surface area contributed by atoms with Gasteiger partial charge in [0.2, 0.25) is 0 Å². The average Bonchev–Trinajstić information content (AvgIpc) is 1.22. The SMILES string of the molecule is c1ccc(-c2c3ccccc3c(-c3cccc(-c4nc(-c5ccc(-c6cccnc6)cc5)cc(-c5cccnc5)n4)c3)c3ccccc23)cc1.c1cncc(-c2ccc(-c3cc(-c4cccc(-c5cccc6cccnc56)c4)nc(-c4ccc(-n5c6ccccc6c6ccccc65)cc4)n3)cc2)c1.c1cncc(-c2ccc(-c3cc(-c4cccnc4)nc(-c4ccc5c6ccccc6c6ccccc6c5c4)n3)cc2)c1. The number of nitrogens with zero attached hydrogens (tertiary/aromatic N) is 13. The van der Waals surface area contributed by atoms with E-state index in [1.54, 1.807) is 31.0 Å². The van der Waals surface area contributed by atoms with Gasteiger partial charge >= 0.3 is 0 Å². The minimum Gasteiger partial charge on any atom is -0.309 e. The number of fused-ring (bicyclic) bond motifs is 12. The molecule has 0 amide bonds. The van der Waals surface area contributed by atoms with Crippen LogP contribution in [0.25, 0.3) is 261 Å². The van der Waals surface area contributed by atoms with Gasteiger partial charge in [-0.3, -0.25) is 29.9 Å². The quantitative estimate of drug-likeness (QED) is 0.0666. The standard InChI is InChI=1S/C48H31N5.C46H30N4.C38H24N4/c1-3-17-45-41(14-1)42-15-2-4-18-46(42)53(45)39-25-23-35(24-26-39)48-51-43(33-21-19-32(20-22-33)38-13-7-27-49-31-38)30-44(52-48)37-11-5-10-36(29-37)40-16-6-9-34-12-8-28-50-47(34)40;1-2-11-33(12-3-1)44-38-17-4-6-19-40(38)45(41-20-7-5-18-39(41)44)34-13-8-14-35(27-34)46-49-42(28-43(50-46)37-16-10-26-48-30-37)32-23-21-31(22-24-32)36-15-9-25-47-29-36;1-2-11-32-30(9-1)31-10-3-4-12-33(31)35-21-27(17-18-34(32)35)38-41-36(22-37(42-38)29-8-6-20-40-24-29)26-15-13-25(14-16-26)28-7-5-19-39-23-28/h1-31H;1-30H;1-24H. The van der Waals surface area contributed by atoms with Crippen LogP contribution in [0.15, 0.2) is 517 Å². The minimum atomic E-state index is 0.661. The largest absolute Gasteiger partial charge is 0.309 e. The first kappa shape index (κ1) is 86.8. The maximum atomic E-state index is 5.21. The molecule has 0 bridgehead atoms. The maximum absolute atomic E-state index is 5.21.